The molecule has 0 heterocycles. The Morgan fingerprint density at radius 3 is 2.13 bits per heavy atom. The Morgan fingerprint density at radius 2 is 1.70 bits per heavy atom. The topological polar surface area (TPSA) is 56.8 Å². The molecule has 0 aliphatic carbocycles. The van der Waals surface area contributed by atoms with Gasteiger partial charge in [-0.2, -0.15) is 0 Å². The van der Waals surface area contributed by atoms with Gasteiger partial charge in [0.1, 0.15) is 5.60 Å². The quantitative estimate of drug-likeness (QED) is 0.524. The van der Waals surface area contributed by atoms with Crippen molar-refractivity contribution in [1.82, 2.24) is 5.32 Å². The van der Waals surface area contributed by atoms with Crippen molar-refractivity contribution in [3.05, 3.63) is 0 Å². The molecule has 1 amide bonds. The third-order valence-electron chi connectivity index (χ3n) is 4.05. The highest BCUT2D eigenvalue weighted by Crippen LogP contribution is 2.36. The first-order valence-electron chi connectivity index (χ1n) is 8.41. The van der Waals surface area contributed by atoms with Crippen LogP contribution in [0, 0.1) is 0 Å². The van der Waals surface area contributed by atoms with E-state index in [2.05, 4.69) is 39.2 Å². The molecule has 1 N–H and O–H groups in total. The van der Waals surface area contributed by atoms with Crippen LogP contribution in [0.4, 0.5) is 4.79 Å². The molecule has 0 saturated heterocycles. The van der Waals surface area contributed by atoms with Gasteiger partial charge in [0.2, 0.25) is 0 Å². The summed E-state index contributed by atoms with van der Waals surface area (Å²) in [5.41, 5.74) is -0.493. The van der Waals surface area contributed by atoms with Crippen molar-refractivity contribution >= 4 is 14.4 Å². The number of amides is 1. The summed E-state index contributed by atoms with van der Waals surface area (Å²) in [5.74, 6) is 0. The second kappa shape index (κ2) is 9.04. The standard InChI is InChI=1S/C17H37NO4Si/c1-16(2,3)22-15(19)18-14(13-20-7)11-10-12-21-23(8,9)17(4,5)6/h14H,10-13H2,1-9H3,(H,18,19)/t14-/m1/s1. The fourth-order valence-electron chi connectivity index (χ4n) is 1.75. The average Bonchev–Trinajstić information content (AvgIpc) is 2.30. The highest BCUT2D eigenvalue weighted by Gasteiger charge is 2.36. The number of rotatable bonds is 8. The molecule has 0 radical (unpaired) electrons. The molecule has 0 aromatic rings. The van der Waals surface area contributed by atoms with Crippen molar-refractivity contribution in [1.29, 1.82) is 0 Å². The lowest BCUT2D eigenvalue weighted by Gasteiger charge is -2.36. The number of hydrogen-bond acceptors (Lipinski definition) is 4. The van der Waals surface area contributed by atoms with Crippen LogP contribution in [0.2, 0.25) is 18.1 Å². The van der Waals surface area contributed by atoms with Crippen LogP contribution < -0.4 is 5.32 Å². The van der Waals surface area contributed by atoms with Gasteiger partial charge in [-0.05, 0) is 51.7 Å². The second-order valence-electron chi connectivity index (χ2n) is 8.55. The molecular formula is C17H37NO4Si. The average molecular weight is 348 g/mol. The van der Waals surface area contributed by atoms with E-state index in [-0.39, 0.29) is 11.1 Å². The van der Waals surface area contributed by atoms with E-state index in [1.165, 1.54) is 0 Å². The molecule has 0 unspecified atom stereocenters. The molecule has 0 aliphatic heterocycles. The normalized spacial score (nSPS) is 14.5. The van der Waals surface area contributed by atoms with E-state index in [9.17, 15) is 4.79 Å². The van der Waals surface area contributed by atoms with Crippen molar-refractivity contribution in [3.63, 3.8) is 0 Å². The molecule has 0 saturated carbocycles. The lowest BCUT2D eigenvalue weighted by molar-refractivity contribution is 0.0461. The molecule has 0 fully saturated rings. The summed E-state index contributed by atoms with van der Waals surface area (Å²) in [4.78, 5) is 11.9. The van der Waals surface area contributed by atoms with Crippen LogP contribution in [0.3, 0.4) is 0 Å². The summed E-state index contributed by atoms with van der Waals surface area (Å²) in [6.45, 7) is 17.9. The van der Waals surface area contributed by atoms with E-state index < -0.39 is 20.0 Å². The summed E-state index contributed by atoms with van der Waals surface area (Å²) in [6.07, 6.45) is 1.29. The molecule has 0 rings (SSSR count). The Kier molecular flexibility index (Phi) is 8.80. The summed E-state index contributed by atoms with van der Waals surface area (Å²) in [5, 5.41) is 3.09. The van der Waals surface area contributed by atoms with Gasteiger partial charge < -0.3 is 19.2 Å². The Bertz CT molecular complexity index is 359. The van der Waals surface area contributed by atoms with Gasteiger partial charge in [0.15, 0.2) is 8.32 Å². The minimum absolute atomic E-state index is 0.0575. The van der Waals surface area contributed by atoms with Crippen molar-refractivity contribution < 1.29 is 18.7 Å². The molecule has 23 heavy (non-hydrogen) atoms. The lowest BCUT2D eigenvalue weighted by atomic mass is 10.2. The van der Waals surface area contributed by atoms with Gasteiger partial charge in [0, 0.05) is 13.7 Å². The molecule has 6 heteroatoms. The molecule has 0 aromatic heterocycles. The number of alkyl carbamates (subject to hydrolysis) is 1. The maximum Gasteiger partial charge on any atom is 0.407 e. The molecule has 0 aromatic carbocycles. The van der Waals surface area contributed by atoms with Crippen molar-refractivity contribution in [2.45, 2.75) is 84.2 Å². The zero-order valence-corrected chi connectivity index (χ0v) is 17.5. The van der Waals surface area contributed by atoms with E-state index >= 15 is 0 Å². The highest BCUT2D eigenvalue weighted by atomic mass is 28.4. The van der Waals surface area contributed by atoms with Gasteiger partial charge in [-0.15, -0.1) is 0 Å². The smallest absolute Gasteiger partial charge is 0.407 e. The molecule has 0 aliphatic rings. The minimum Gasteiger partial charge on any atom is -0.444 e. The van der Waals surface area contributed by atoms with Crippen molar-refractivity contribution in [2.75, 3.05) is 20.3 Å². The minimum atomic E-state index is -1.70. The molecule has 5 nitrogen and oxygen atoms in total. The largest absolute Gasteiger partial charge is 0.444 e. The zero-order chi connectivity index (χ0) is 18.3. The number of nitrogens with one attached hydrogen (secondary N) is 1. The molecule has 0 bridgehead atoms. The number of carbonyl (C=O) groups excluding carboxylic acids is 1. The van der Waals surface area contributed by atoms with Crippen molar-refractivity contribution in [2.24, 2.45) is 0 Å². The molecular weight excluding hydrogens is 310 g/mol. The zero-order valence-electron chi connectivity index (χ0n) is 16.5. The van der Waals surface area contributed by atoms with E-state index in [1.807, 2.05) is 20.8 Å². The van der Waals surface area contributed by atoms with Gasteiger partial charge in [0.05, 0.1) is 12.6 Å². The van der Waals surface area contributed by atoms with E-state index in [0.29, 0.717) is 13.2 Å². The predicted molar refractivity (Wildman–Crippen MR) is 97.4 cm³/mol. The molecule has 0 spiro atoms. The first kappa shape index (κ1) is 22.4. The Hall–Kier alpha value is -0.593. The number of methoxy groups -OCH3 is 1. The SMILES string of the molecule is COC[C@@H](CCCO[Si](C)(C)C(C)(C)C)NC(=O)OC(C)(C)C. The van der Waals surface area contributed by atoms with Crippen LogP contribution in [0.5, 0.6) is 0 Å². The van der Waals surface area contributed by atoms with Crippen molar-refractivity contribution in [3.8, 4) is 0 Å². The van der Waals surface area contributed by atoms with Crippen LogP contribution in [0.1, 0.15) is 54.4 Å². The third kappa shape index (κ3) is 9.99. The number of carbonyl (C=O) groups is 1. The Labute approximate surface area is 143 Å². The van der Waals surface area contributed by atoms with Crippen LogP contribution in [0.15, 0.2) is 0 Å². The lowest BCUT2D eigenvalue weighted by Crippen LogP contribution is -2.42. The molecule has 1 atom stereocenters. The number of ether oxygens (including phenoxy) is 2. The predicted octanol–water partition coefficient (Wildman–Crippen LogP) is 4.33. The third-order valence-corrected chi connectivity index (χ3v) is 8.59. The fraction of sp³-hybridized carbons (Fsp3) is 0.941. The number of hydrogen-bond donors (Lipinski definition) is 1. The van der Waals surface area contributed by atoms with Gasteiger partial charge >= 0.3 is 6.09 Å². The van der Waals surface area contributed by atoms with Gasteiger partial charge in [-0.1, -0.05) is 20.8 Å². The second-order valence-corrected chi connectivity index (χ2v) is 13.4. The summed E-state index contributed by atoms with van der Waals surface area (Å²) >= 11 is 0. The summed E-state index contributed by atoms with van der Waals surface area (Å²) in [6, 6.07) is -0.0575. The Balaban J connectivity index is 4.27. The van der Waals surface area contributed by atoms with E-state index in [0.717, 1.165) is 12.8 Å². The van der Waals surface area contributed by atoms with Gasteiger partial charge in [-0.3, -0.25) is 0 Å². The first-order valence-corrected chi connectivity index (χ1v) is 11.3. The van der Waals surface area contributed by atoms with E-state index in [4.69, 9.17) is 13.9 Å². The van der Waals surface area contributed by atoms with E-state index in [1.54, 1.807) is 7.11 Å². The van der Waals surface area contributed by atoms with Crippen LogP contribution in [0.25, 0.3) is 0 Å². The highest BCUT2D eigenvalue weighted by molar-refractivity contribution is 6.74. The maximum absolute atomic E-state index is 11.9. The summed E-state index contributed by atoms with van der Waals surface area (Å²) < 4.78 is 16.6. The van der Waals surface area contributed by atoms with Gasteiger partial charge in [-0.25, -0.2) is 4.79 Å². The monoisotopic (exact) mass is 347 g/mol. The van der Waals surface area contributed by atoms with Crippen LogP contribution in [-0.4, -0.2) is 46.4 Å². The van der Waals surface area contributed by atoms with Crippen LogP contribution in [-0.2, 0) is 13.9 Å². The fourth-order valence-corrected chi connectivity index (χ4v) is 2.83. The van der Waals surface area contributed by atoms with Crippen LogP contribution >= 0.6 is 0 Å². The first-order chi connectivity index (χ1) is 10.3. The van der Waals surface area contributed by atoms with Gasteiger partial charge in [0.25, 0.3) is 0 Å². The summed E-state index contributed by atoms with van der Waals surface area (Å²) in [7, 11) is -0.0676. The maximum atomic E-state index is 11.9. The Morgan fingerprint density at radius 1 is 1.13 bits per heavy atom. The molecule has 138 valence electrons.